The molecule has 0 aliphatic rings. The molecule has 0 aliphatic carbocycles. The molecule has 0 aliphatic heterocycles. The molecule has 0 radical (unpaired) electrons. The summed E-state index contributed by atoms with van der Waals surface area (Å²) >= 11 is 6.00. The van der Waals surface area contributed by atoms with E-state index >= 15 is 0 Å². The predicted molar refractivity (Wildman–Crippen MR) is 95.0 cm³/mol. The van der Waals surface area contributed by atoms with Crippen molar-refractivity contribution in [3.8, 4) is 11.5 Å². The Bertz CT molecular complexity index is 819. The number of nitrogens with one attached hydrogen (secondary N) is 1. The highest BCUT2D eigenvalue weighted by atomic mass is 35.5. The fraction of sp³-hybridized carbons (Fsp3) is 0.222. The molecule has 6 nitrogen and oxygen atoms in total. The highest BCUT2D eigenvalue weighted by Crippen LogP contribution is 2.34. The van der Waals surface area contributed by atoms with Gasteiger partial charge in [0.25, 0.3) is 5.91 Å². The monoisotopic (exact) mass is 363 g/mol. The maximum atomic E-state index is 12.1. The number of carbonyl (C=O) groups excluding carboxylic acids is 1. The predicted octanol–water partition coefficient (Wildman–Crippen LogP) is 3.68. The number of benzene rings is 2. The number of aryl methyl sites for hydroxylation is 2. The number of carboxylic acids is 1. The fourth-order valence-electron chi connectivity index (χ4n) is 2.16. The van der Waals surface area contributed by atoms with Crippen LogP contribution in [0.1, 0.15) is 21.5 Å². The van der Waals surface area contributed by atoms with Crippen molar-refractivity contribution in [1.82, 2.24) is 0 Å². The average Bonchev–Trinajstić information content (AvgIpc) is 2.55. The minimum atomic E-state index is -1.16. The van der Waals surface area contributed by atoms with Crippen LogP contribution < -0.4 is 14.8 Å². The quantitative estimate of drug-likeness (QED) is 0.817. The van der Waals surface area contributed by atoms with Gasteiger partial charge in [0.15, 0.2) is 12.4 Å². The van der Waals surface area contributed by atoms with Crippen molar-refractivity contribution in [2.75, 3.05) is 19.0 Å². The van der Waals surface area contributed by atoms with Crippen LogP contribution in [0, 0.1) is 13.8 Å². The summed E-state index contributed by atoms with van der Waals surface area (Å²) < 4.78 is 10.6. The molecule has 0 atom stereocenters. The number of rotatable bonds is 6. The smallest absolute Gasteiger partial charge is 0.335 e. The zero-order chi connectivity index (χ0) is 18.6. The molecule has 2 aromatic carbocycles. The van der Waals surface area contributed by atoms with E-state index in [1.54, 1.807) is 6.07 Å². The Balaban J connectivity index is 2.11. The van der Waals surface area contributed by atoms with Gasteiger partial charge < -0.3 is 19.9 Å². The molecule has 7 heteroatoms. The summed E-state index contributed by atoms with van der Waals surface area (Å²) in [5.41, 5.74) is 2.29. The Labute approximate surface area is 150 Å². The molecule has 1 amide bonds. The third kappa shape index (κ3) is 4.64. The second-order valence-corrected chi connectivity index (χ2v) is 5.83. The number of carboxylic acid groups (broad SMARTS) is 1. The van der Waals surface area contributed by atoms with E-state index in [0.717, 1.165) is 11.1 Å². The first-order valence-corrected chi connectivity index (χ1v) is 7.80. The molecule has 0 saturated carbocycles. The van der Waals surface area contributed by atoms with Gasteiger partial charge in [0.05, 0.1) is 23.4 Å². The van der Waals surface area contributed by atoms with Gasteiger partial charge in [-0.15, -0.1) is 0 Å². The summed E-state index contributed by atoms with van der Waals surface area (Å²) in [5, 5.41) is 11.7. The standard InChI is InChI=1S/C18H18ClNO5/c1-10-4-5-13(6-11(10)2)25-9-16(21)20-15-8-12(18(22)23)7-14(19)17(15)24-3/h4-8H,9H2,1-3H3,(H,20,21)(H,22,23). The third-order valence-corrected chi connectivity index (χ3v) is 3.90. The first-order valence-electron chi connectivity index (χ1n) is 7.42. The normalized spacial score (nSPS) is 10.2. The van der Waals surface area contributed by atoms with E-state index in [2.05, 4.69) is 5.32 Å². The van der Waals surface area contributed by atoms with E-state index in [1.807, 2.05) is 26.0 Å². The molecule has 25 heavy (non-hydrogen) atoms. The molecule has 0 heterocycles. The maximum Gasteiger partial charge on any atom is 0.335 e. The van der Waals surface area contributed by atoms with Gasteiger partial charge in [-0.3, -0.25) is 4.79 Å². The van der Waals surface area contributed by atoms with Gasteiger partial charge in [-0.1, -0.05) is 17.7 Å². The topological polar surface area (TPSA) is 84.9 Å². The number of amides is 1. The Morgan fingerprint density at radius 2 is 1.88 bits per heavy atom. The van der Waals surface area contributed by atoms with Gasteiger partial charge in [-0.25, -0.2) is 4.79 Å². The molecule has 2 aromatic rings. The van der Waals surface area contributed by atoms with E-state index in [-0.39, 0.29) is 28.6 Å². The van der Waals surface area contributed by atoms with Crippen LogP contribution in [0.5, 0.6) is 11.5 Å². The van der Waals surface area contributed by atoms with Gasteiger partial charge in [0.2, 0.25) is 0 Å². The largest absolute Gasteiger partial charge is 0.493 e. The summed E-state index contributed by atoms with van der Waals surface area (Å²) in [6.45, 7) is 3.70. The fourth-order valence-corrected chi connectivity index (χ4v) is 2.45. The van der Waals surface area contributed by atoms with Crippen LogP contribution in [0.2, 0.25) is 5.02 Å². The molecule has 0 spiro atoms. The van der Waals surface area contributed by atoms with E-state index in [4.69, 9.17) is 26.2 Å². The Morgan fingerprint density at radius 3 is 2.48 bits per heavy atom. The lowest BCUT2D eigenvalue weighted by Gasteiger charge is -2.13. The molecule has 2 N–H and O–H groups in total. The Morgan fingerprint density at radius 1 is 1.16 bits per heavy atom. The first-order chi connectivity index (χ1) is 11.8. The SMILES string of the molecule is COc1c(Cl)cc(C(=O)O)cc1NC(=O)COc1ccc(C)c(C)c1. The van der Waals surface area contributed by atoms with Gasteiger partial charge in [-0.2, -0.15) is 0 Å². The molecule has 0 saturated heterocycles. The number of ether oxygens (including phenoxy) is 2. The van der Waals surface area contributed by atoms with Crippen LogP contribution >= 0.6 is 11.6 Å². The van der Waals surface area contributed by atoms with Crippen molar-refractivity contribution in [2.24, 2.45) is 0 Å². The van der Waals surface area contributed by atoms with Gasteiger partial charge >= 0.3 is 5.97 Å². The number of hydrogen-bond acceptors (Lipinski definition) is 4. The zero-order valence-corrected chi connectivity index (χ0v) is 14.8. The Kier molecular flexibility index (Phi) is 5.88. The van der Waals surface area contributed by atoms with Crippen molar-refractivity contribution in [3.05, 3.63) is 52.0 Å². The Hall–Kier alpha value is -2.73. The van der Waals surface area contributed by atoms with Crippen LogP contribution in [0.25, 0.3) is 0 Å². The summed E-state index contributed by atoms with van der Waals surface area (Å²) in [6.07, 6.45) is 0. The van der Waals surface area contributed by atoms with Crippen molar-refractivity contribution in [2.45, 2.75) is 13.8 Å². The lowest BCUT2D eigenvalue weighted by atomic mass is 10.1. The summed E-state index contributed by atoms with van der Waals surface area (Å²) in [7, 11) is 1.38. The van der Waals surface area contributed by atoms with Crippen LogP contribution in [-0.2, 0) is 4.79 Å². The van der Waals surface area contributed by atoms with Crippen molar-refractivity contribution in [1.29, 1.82) is 0 Å². The molecule has 0 aromatic heterocycles. The molecular formula is C18H18ClNO5. The number of halogens is 1. The van der Waals surface area contributed by atoms with Gasteiger partial charge in [0.1, 0.15) is 5.75 Å². The molecule has 0 bridgehead atoms. The van der Waals surface area contributed by atoms with Crippen molar-refractivity contribution >= 4 is 29.2 Å². The van der Waals surface area contributed by atoms with E-state index in [9.17, 15) is 9.59 Å². The number of aromatic carboxylic acids is 1. The van der Waals surface area contributed by atoms with Gasteiger partial charge in [0, 0.05) is 0 Å². The molecule has 0 unspecified atom stereocenters. The minimum absolute atomic E-state index is 0.0591. The number of methoxy groups -OCH3 is 1. The van der Waals surface area contributed by atoms with Crippen LogP contribution in [0.3, 0.4) is 0 Å². The van der Waals surface area contributed by atoms with Crippen LogP contribution in [0.15, 0.2) is 30.3 Å². The minimum Gasteiger partial charge on any atom is -0.493 e. The second kappa shape index (κ2) is 7.90. The van der Waals surface area contributed by atoms with Crippen molar-refractivity contribution in [3.63, 3.8) is 0 Å². The zero-order valence-electron chi connectivity index (χ0n) is 14.1. The molecular weight excluding hydrogens is 346 g/mol. The highest BCUT2D eigenvalue weighted by molar-refractivity contribution is 6.33. The summed E-state index contributed by atoms with van der Waals surface area (Å²) in [5.74, 6) is -0.865. The van der Waals surface area contributed by atoms with Crippen LogP contribution in [0.4, 0.5) is 5.69 Å². The molecule has 0 fully saturated rings. The summed E-state index contributed by atoms with van der Waals surface area (Å²) in [6, 6.07) is 8.05. The average molecular weight is 364 g/mol. The highest BCUT2D eigenvalue weighted by Gasteiger charge is 2.16. The van der Waals surface area contributed by atoms with E-state index < -0.39 is 11.9 Å². The molecule has 2 rings (SSSR count). The lowest BCUT2D eigenvalue weighted by molar-refractivity contribution is -0.118. The lowest BCUT2D eigenvalue weighted by Crippen LogP contribution is -2.21. The van der Waals surface area contributed by atoms with E-state index in [1.165, 1.54) is 19.2 Å². The van der Waals surface area contributed by atoms with Gasteiger partial charge in [-0.05, 0) is 49.2 Å². The third-order valence-electron chi connectivity index (χ3n) is 3.62. The maximum absolute atomic E-state index is 12.1. The summed E-state index contributed by atoms with van der Waals surface area (Å²) in [4.78, 5) is 23.2. The van der Waals surface area contributed by atoms with Crippen LogP contribution in [-0.4, -0.2) is 30.7 Å². The second-order valence-electron chi connectivity index (χ2n) is 5.43. The molecule has 132 valence electrons. The number of anilines is 1. The number of hydrogen-bond donors (Lipinski definition) is 2. The van der Waals surface area contributed by atoms with Crippen molar-refractivity contribution < 1.29 is 24.2 Å². The number of carbonyl (C=O) groups is 2. The first kappa shape index (κ1) is 18.6. The van der Waals surface area contributed by atoms with E-state index in [0.29, 0.717) is 5.75 Å².